The van der Waals surface area contributed by atoms with E-state index in [2.05, 4.69) is 56.3 Å². The summed E-state index contributed by atoms with van der Waals surface area (Å²) < 4.78 is 0. The van der Waals surface area contributed by atoms with Crippen LogP contribution in [0.5, 0.6) is 0 Å². The minimum Gasteiger partial charge on any atom is -0.0654 e. The lowest BCUT2D eigenvalue weighted by Gasteiger charge is -2.27. The number of hydrogen-bond acceptors (Lipinski definition) is 0. The molecule has 0 radical (unpaired) electrons. The molecule has 0 amide bonds. The summed E-state index contributed by atoms with van der Waals surface area (Å²) in [5.41, 5.74) is 4.67. The zero-order valence-electron chi connectivity index (χ0n) is 13.4. The second-order valence-corrected chi connectivity index (χ2v) is 6.31. The first-order valence-electron chi connectivity index (χ1n) is 8.57. The highest BCUT2D eigenvalue weighted by molar-refractivity contribution is 5.96. The highest BCUT2D eigenvalue weighted by Gasteiger charge is 2.23. The molecule has 0 nitrogen and oxygen atoms in total. The van der Waals surface area contributed by atoms with E-state index in [1.807, 2.05) is 0 Å². The number of hydrogen-bond donors (Lipinski definition) is 0. The summed E-state index contributed by atoms with van der Waals surface area (Å²) in [6.45, 7) is 4.59. The molecule has 0 aromatic heterocycles. The fourth-order valence-corrected chi connectivity index (χ4v) is 3.69. The Balaban J connectivity index is 2.08. The third kappa shape index (κ3) is 2.77. The maximum Gasteiger partial charge on any atom is 0.00578 e. The molecule has 1 aliphatic rings. The highest BCUT2D eigenvalue weighted by atomic mass is 14.3. The van der Waals surface area contributed by atoms with Crippen molar-refractivity contribution in [3.8, 4) is 0 Å². The van der Waals surface area contributed by atoms with Crippen LogP contribution in [-0.2, 0) is 0 Å². The van der Waals surface area contributed by atoms with Crippen LogP contribution in [0, 0.1) is 0 Å². The molecular formula is C21H26. The molecule has 0 heteroatoms. The molecule has 21 heavy (non-hydrogen) atoms. The van der Waals surface area contributed by atoms with Gasteiger partial charge in [-0.2, -0.15) is 0 Å². The Labute approximate surface area is 128 Å². The standard InChI is InChI=1S/C21H26/c1-3-5-9-17-15-18-12-7-10-16-11-8-14-20(21(16)18)19(17)13-6-4-2/h7-8,10-12,14-15,19H,3-6,9,13H2,1-2H3. The minimum absolute atomic E-state index is 0.648. The summed E-state index contributed by atoms with van der Waals surface area (Å²) in [4.78, 5) is 0. The molecular weight excluding hydrogens is 252 g/mol. The molecule has 0 fully saturated rings. The van der Waals surface area contributed by atoms with Gasteiger partial charge in [-0.05, 0) is 41.2 Å². The summed E-state index contributed by atoms with van der Waals surface area (Å²) >= 11 is 0. The van der Waals surface area contributed by atoms with Gasteiger partial charge in [0.1, 0.15) is 0 Å². The van der Waals surface area contributed by atoms with Gasteiger partial charge in [0.15, 0.2) is 0 Å². The predicted molar refractivity (Wildman–Crippen MR) is 93.7 cm³/mol. The van der Waals surface area contributed by atoms with Crippen molar-refractivity contribution >= 4 is 16.8 Å². The summed E-state index contributed by atoms with van der Waals surface area (Å²) in [5.74, 6) is 0.648. The van der Waals surface area contributed by atoms with E-state index < -0.39 is 0 Å². The van der Waals surface area contributed by atoms with Gasteiger partial charge in [-0.1, -0.05) is 81.2 Å². The van der Waals surface area contributed by atoms with E-state index in [-0.39, 0.29) is 0 Å². The first-order chi connectivity index (χ1) is 10.3. The average Bonchev–Trinajstić information content (AvgIpc) is 2.52. The predicted octanol–water partition coefficient (Wildman–Crippen LogP) is 6.70. The smallest absolute Gasteiger partial charge is 0.00578 e. The lowest BCUT2D eigenvalue weighted by molar-refractivity contribution is 0.615. The van der Waals surface area contributed by atoms with Gasteiger partial charge in [0.05, 0.1) is 0 Å². The van der Waals surface area contributed by atoms with E-state index in [4.69, 9.17) is 0 Å². The number of rotatable bonds is 6. The van der Waals surface area contributed by atoms with Crippen molar-refractivity contribution in [2.75, 3.05) is 0 Å². The van der Waals surface area contributed by atoms with Crippen LogP contribution in [0.3, 0.4) is 0 Å². The molecule has 2 aromatic carbocycles. The highest BCUT2D eigenvalue weighted by Crippen LogP contribution is 2.42. The topological polar surface area (TPSA) is 0 Å². The zero-order chi connectivity index (χ0) is 14.7. The first-order valence-corrected chi connectivity index (χ1v) is 8.57. The maximum absolute atomic E-state index is 2.49. The lowest BCUT2D eigenvalue weighted by atomic mass is 9.77. The molecule has 1 unspecified atom stereocenters. The number of unbranched alkanes of at least 4 members (excludes halogenated alkanes) is 2. The summed E-state index contributed by atoms with van der Waals surface area (Å²) in [5, 5.41) is 2.90. The van der Waals surface area contributed by atoms with E-state index in [1.165, 1.54) is 54.9 Å². The van der Waals surface area contributed by atoms with Gasteiger partial charge in [-0.25, -0.2) is 0 Å². The van der Waals surface area contributed by atoms with Gasteiger partial charge >= 0.3 is 0 Å². The monoisotopic (exact) mass is 278 g/mol. The van der Waals surface area contributed by atoms with Crippen molar-refractivity contribution in [1.29, 1.82) is 0 Å². The van der Waals surface area contributed by atoms with E-state index in [9.17, 15) is 0 Å². The second-order valence-electron chi connectivity index (χ2n) is 6.31. The Morgan fingerprint density at radius 3 is 2.43 bits per heavy atom. The Hall–Kier alpha value is -1.56. The number of allylic oxidation sites excluding steroid dienone is 1. The second kappa shape index (κ2) is 6.47. The van der Waals surface area contributed by atoms with Crippen LogP contribution in [0.15, 0.2) is 42.0 Å². The van der Waals surface area contributed by atoms with Gasteiger partial charge in [-0.3, -0.25) is 0 Å². The largest absolute Gasteiger partial charge is 0.0654 e. The van der Waals surface area contributed by atoms with Gasteiger partial charge in [0.2, 0.25) is 0 Å². The minimum atomic E-state index is 0.648. The molecule has 0 saturated heterocycles. The van der Waals surface area contributed by atoms with Gasteiger partial charge in [-0.15, -0.1) is 0 Å². The van der Waals surface area contributed by atoms with Crippen LogP contribution in [0.2, 0.25) is 0 Å². The molecule has 1 atom stereocenters. The van der Waals surface area contributed by atoms with Gasteiger partial charge in [0, 0.05) is 5.92 Å². The maximum atomic E-state index is 2.49. The third-order valence-corrected chi connectivity index (χ3v) is 4.80. The van der Waals surface area contributed by atoms with Crippen LogP contribution < -0.4 is 0 Å². The summed E-state index contributed by atoms with van der Waals surface area (Å²) in [7, 11) is 0. The van der Waals surface area contributed by atoms with Gasteiger partial charge in [0.25, 0.3) is 0 Å². The molecule has 0 heterocycles. The van der Waals surface area contributed by atoms with Gasteiger partial charge < -0.3 is 0 Å². The average molecular weight is 278 g/mol. The molecule has 0 aliphatic heterocycles. The van der Waals surface area contributed by atoms with Crippen LogP contribution >= 0.6 is 0 Å². The first kappa shape index (κ1) is 14.4. The van der Waals surface area contributed by atoms with E-state index >= 15 is 0 Å². The van der Waals surface area contributed by atoms with E-state index in [1.54, 1.807) is 11.1 Å². The van der Waals surface area contributed by atoms with E-state index in [0.717, 1.165) is 0 Å². The Morgan fingerprint density at radius 1 is 0.905 bits per heavy atom. The SMILES string of the molecule is CCCCC1=Cc2cccc3cccc(c23)C1CCCC. The van der Waals surface area contributed by atoms with Crippen LogP contribution in [0.25, 0.3) is 16.8 Å². The van der Waals surface area contributed by atoms with Crippen molar-refractivity contribution in [2.45, 2.75) is 58.3 Å². The fraction of sp³-hybridized carbons (Fsp3) is 0.429. The normalized spacial score (nSPS) is 17.0. The fourth-order valence-electron chi connectivity index (χ4n) is 3.69. The molecule has 2 aromatic rings. The third-order valence-electron chi connectivity index (χ3n) is 4.80. The van der Waals surface area contributed by atoms with Crippen molar-refractivity contribution < 1.29 is 0 Å². The quantitative estimate of drug-likeness (QED) is 0.551. The van der Waals surface area contributed by atoms with Crippen LogP contribution in [-0.4, -0.2) is 0 Å². The van der Waals surface area contributed by atoms with Crippen molar-refractivity contribution in [1.82, 2.24) is 0 Å². The van der Waals surface area contributed by atoms with Crippen molar-refractivity contribution in [2.24, 2.45) is 0 Å². The zero-order valence-corrected chi connectivity index (χ0v) is 13.4. The number of benzene rings is 2. The van der Waals surface area contributed by atoms with Crippen LogP contribution in [0.4, 0.5) is 0 Å². The van der Waals surface area contributed by atoms with Crippen LogP contribution in [0.1, 0.15) is 69.4 Å². The van der Waals surface area contributed by atoms with Crippen molar-refractivity contribution in [3.05, 3.63) is 53.1 Å². The Morgan fingerprint density at radius 2 is 1.67 bits per heavy atom. The molecule has 0 bridgehead atoms. The molecule has 110 valence electrons. The molecule has 1 aliphatic carbocycles. The Bertz CT molecular complexity index is 643. The lowest BCUT2D eigenvalue weighted by Crippen LogP contribution is -2.08. The molecule has 0 saturated carbocycles. The molecule has 3 rings (SSSR count). The summed E-state index contributed by atoms with van der Waals surface area (Å²) in [6, 6.07) is 13.6. The van der Waals surface area contributed by atoms with E-state index in [0.29, 0.717) is 5.92 Å². The Kier molecular flexibility index (Phi) is 4.43. The van der Waals surface area contributed by atoms with Crippen molar-refractivity contribution in [3.63, 3.8) is 0 Å². The molecule has 0 spiro atoms. The molecule has 0 N–H and O–H groups in total. The summed E-state index contributed by atoms with van der Waals surface area (Å²) in [6.07, 6.45) is 10.3.